The minimum atomic E-state index is -4.74. The highest BCUT2D eigenvalue weighted by molar-refractivity contribution is 5.67. The van der Waals surface area contributed by atoms with E-state index in [1.165, 1.54) is 68.4 Å². The van der Waals surface area contributed by atoms with Crippen molar-refractivity contribution in [2.75, 3.05) is 0 Å². The lowest BCUT2D eigenvalue weighted by atomic mass is 9.78. The fourth-order valence-corrected chi connectivity index (χ4v) is 5.18. The summed E-state index contributed by atoms with van der Waals surface area (Å²) in [4.78, 5) is 0. The van der Waals surface area contributed by atoms with Gasteiger partial charge in [0.2, 0.25) is 0 Å². The number of alkyl halides is 3. The first-order valence-electron chi connectivity index (χ1n) is 11.7. The molecule has 2 aliphatic carbocycles. The normalized spacial score (nSPS) is 21.1. The molecule has 1 saturated carbocycles. The summed E-state index contributed by atoms with van der Waals surface area (Å²) >= 11 is 0. The number of benzene rings is 2. The maximum Gasteiger partial charge on any atom is 0.573 e. The van der Waals surface area contributed by atoms with E-state index >= 15 is 4.39 Å². The summed E-state index contributed by atoms with van der Waals surface area (Å²) in [6.45, 7) is 2.29. The molecular weight excluding hydrogens is 416 g/mol. The van der Waals surface area contributed by atoms with E-state index in [1.54, 1.807) is 6.07 Å². The highest BCUT2D eigenvalue weighted by Crippen LogP contribution is 2.36. The van der Waals surface area contributed by atoms with E-state index in [0.717, 1.165) is 30.2 Å². The molecule has 0 aliphatic heterocycles. The summed E-state index contributed by atoms with van der Waals surface area (Å²) in [5.41, 5.74) is 4.07. The second kappa shape index (κ2) is 9.68. The molecule has 0 aromatic heterocycles. The first-order valence-corrected chi connectivity index (χ1v) is 11.7. The lowest BCUT2D eigenvalue weighted by molar-refractivity contribution is -0.274. The topological polar surface area (TPSA) is 9.23 Å². The van der Waals surface area contributed by atoms with E-state index in [1.807, 2.05) is 6.07 Å². The highest BCUT2D eigenvalue weighted by atomic mass is 19.4. The Morgan fingerprint density at radius 2 is 1.62 bits per heavy atom. The molecule has 1 nitrogen and oxygen atoms in total. The summed E-state index contributed by atoms with van der Waals surface area (Å²) < 4.78 is 56.2. The van der Waals surface area contributed by atoms with Gasteiger partial charge in [0.05, 0.1) is 0 Å². The minimum Gasteiger partial charge on any atom is -0.406 e. The number of hydrogen-bond acceptors (Lipinski definition) is 1. The van der Waals surface area contributed by atoms with E-state index in [0.29, 0.717) is 23.1 Å². The Hall–Kier alpha value is -2.30. The highest BCUT2D eigenvalue weighted by Gasteiger charge is 2.31. The SMILES string of the molecule is CCC1CCC(CCC2=CCc3c(ccc(-c4ccc(OC(F)(F)F)cc4)c3F)C2)CC1. The lowest BCUT2D eigenvalue weighted by Crippen LogP contribution is -2.16. The number of fused-ring (bicyclic) bond motifs is 1. The molecule has 0 saturated heterocycles. The first kappa shape index (κ1) is 22.9. The average Bonchev–Trinajstić information content (AvgIpc) is 2.78. The molecule has 0 unspecified atom stereocenters. The van der Waals surface area contributed by atoms with Crippen molar-refractivity contribution in [2.45, 2.75) is 71.1 Å². The third-order valence-corrected chi connectivity index (χ3v) is 7.17. The molecule has 0 bridgehead atoms. The van der Waals surface area contributed by atoms with Crippen LogP contribution in [0.15, 0.2) is 48.0 Å². The molecule has 0 radical (unpaired) electrons. The molecule has 5 heteroatoms. The molecule has 2 aliphatic rings. The molecule has 2 aromatic carbocycles. The Morgan fingerprint density at radius 1 is 0.938 bits per heavy atom. The minimum absolute atomic E-state index is 0.278. The fourth-order valence-electron chi connectivity index (χ4n) is 5.18. The Bertz CT molecular complexity index is 951. The summed E-state index contributed by atoms with van der Waals surface area (Å²) in [5.74, 6) is 1.15. The van der Waals surface area contributed by atoms with Crippen molar-refractivity contribution in [1.29, 1.82) is 0 Å². The van der Waals surface area contributed by atoms with Gasteiger partial charge in [0.1, 0.15) is 11.6 Å². The van der Waals surface area contributed by atoms with Gasteiger partial charge in [0, 0.05) is 5.56 Å². The molecular formula is C27H30F4O. The van der Waals surface area contributed by atoms with Gasteiger partial charge < -0.3 is 4.74 Å². The van der Waals surface area contributed by atoms with Gasteiger partial charge in [-0.2, -0.15) is 0 Å². The third-order valence-electron chi connectivity index (χ3n) is 7.17. The summed E-state index contributed by atoms with van der Waals surface area (Å²) in [6, 6.07) is 9.06. The van der Waals surface area contributed by atoms with Gasteiger partial charge in [-0.3, -0.25) is 0 Å². The second-order valence-corrected chi connectivity index (χ2v) is 9.21. The van der Waals surface area contributed by atoms with Crippen LogP contribution in [0.2, 0.25) is 0 Å². The van der Waals surface area contributed by atoms with E-state index in [9.17, 15) is 13.2 Å². The van der Waals surface area contributed by atoms with Gasteiger partial charge in [-0.15, -0.1) is 13.2 Å². The maximum absolute atomic E-state index is 15.2. The van der Waals surface area contributed by atoms with Crippen LogP contribution in [0.3, 0.4) is 0 Å². The van der Waals surface area contributed by atoms with E-state index in [2.05, 4.69) is 17.7 Å². The van der Waals surface area contributed by atoms with Crippen molar-refractivity contribution in [3.05, 3.63) is 65.0 Å². The molecule has 172 valence electrons. The zero-order chi connectivity index (χ0) is 22.7. The molecule has 0 atom stereocenters. The molecule has 1 fully saturated rings. The first-order chi connectivity index (χ1) is 15.3. The molecule has 4 rings (SSSR count). The van der Waals surface area contributed by atoms with Gasteiger partial charge in [-0.05, 0) is 66.3 Å². The number of ether oxygens (including phenoxy) is 1. The Kier molecular flexibility index (Phi) is 6.92. The van der Waals surface area contributed by atoms with E-state index in [4.69, 9.17) is 0 Å². The largest absolute Gasteiger partial charge is 0.573 e. The van der Waals surface area contributed by atoms with E-state index in [-0.39, 0.29) is 11.6 Å². The summed E-state index contributed by atoms with van der Waals surface area (Å²) in [7, 11) is 0. The van der Waals surface area contributed by atoms with Crippen molar-refractivity contribution in [3.8, 4) is 16.9 Å². The predicted octanol–water partition coefficient (Wildman–Crippen LogP) is 8.41. The van der Waals surface area contributed by atoms with Gasteiger partial charge in [-0.1, -0.05) is 74.9 Å². The smallest absolute Gasteiger partial charge is 0.406 e. The van der Waals surface area contributed by atoms with Crippen LogP contribution in [0.5, 0.6) is 5.75 Å². The van der Waals surface area contributed by atoms with Crippen LogP contribution in [0, 0.1) is 17.7 Å². The van der Waals surface area contributed by atoms with Crippen LogP contribution in [-0.2, 0) is 12.8 Å². The van der Waals surface area contributed by atoms with Crippen LogP contribution in [0.25, 0.3) is 11.1 Å². The summed E-state index contributed by atoms with van der Waals surface area (Å²) in [5, 5.41) is 0. The second-order valence-electron chi connectivity index (χ2n) is 9.21. The van der Waals surface area contributed by atoms with Crippen molar-refractivity contribution in [1.82, 2.24) is 0 Å². The predicted molar refractivity (Wildman–Crippen MR) is 119 cm³/mol. The fraction of sp³-hybridized carbons (Fsp3) is 0.481. The zero-order valence-corrected chi connectivity index (χ0v) is 18.5. The van der Waals surface area contributed by atoms with Crippen molar-refractivity contribution >= 4 is 0 Å². The van der Waals surface area contributed by atoms with Gasteiger partial charge in [-0.25, -0.2) is 4.39 Å². The van der Waals surface area contributed by atoms with Crippen LogP contribution in [-0.4, -0.2) is 6.36 Å². The van der Waals surface area contributed by atoms with Crippen molar-refractivity contribution in [2.24, 2.45) is 11.8 Å². The van der Waals surface area contributed by atoms with E-state index < -0.39 is 6.36 Å². The molecule has 2 aromatic rings. The molecule has 0 spiro atoms. The Morgan fingerprint density at radius 3 is 2.28 bits per heavy atom. The molecule has 0 amide bonds. The monoisotopic (exact) mass is 446 g/mol. The van der Waals surface area contributed by atoms with Crippen LogP contribution >= 0.6 is 0 Å². The van der Waals surface area contributed by atoms with Gasteiger partial charge in [0.25, 0.3) is 0 Å². The average molecular weight is 447 g/mol. The number of hydrogen-bond donors (Lipinski definition) is 0. The molecule has 0 heterocycles. The van der Waals surface area contributed by atoms with Crippen molar-refractivity contribution < 1.29 is 22.3 Å². The lowest BCUT2D eigenvalue weighted by Gasteiger charge is -2.28. The Labute approximate surface area is 187 Å². The molecule has 0 N–H and O–H groups in total. The zero-order valence-electron chi connectivity index (χ0n) is 18.5. The molecule has 32 heavy (non-hydrogen) atoms. The van der Waals surface area contributed by atoms with Crippen LogP contribution in [0.4, 0.5) is 17.6 Å². The number of allylic oxidation sites excluding steroid dienone is 2. The number of halogens is 4. The van der Waals surface area contributed by atoms with Gasteiger partial charge in [0.15, 0.2) is 0 Å². The van der Waals surface area contributed by atoms with Crippen LogP contribution in [0.1, 0.15) is 63.0 Å². The Balaban J connectivity index is 1.39. The third kappa shape index (κ3) is 5.54. The number of rotatable bonds is 6. The van der Waals surface area contributed by atoms with Crippen LogP contribution < -0.4 is 4.74 Å². The summed E-state index contributed by atoms with van der Waals surface area (Å²) in [6.07, 6.45) is 7.81. The van der Waals surface area contributed by atoms with Crippen molar-refractivity contribution in [3.63, 3.8) is 0 Å². The standard InChI is InChI=1S/C27H30F4O/c1-2-18-3-5-19(6-4-18)7-8-20-9-15-25-22(17-20)12-16-24(26(25)28)21-10-13-23(14-11-21)32-27(29,30)31/h9-14,16,18-19H,2-8,15,17H2,1H3. The quantitative estimate of drug-likeness (QED) is 0.320. The van der Waals surface area contributed by atoms with Gasteiger partial charge >= 0.3 is 6.36 Å². The maximum atomic E-state index is 15.2.